The lowest BCUT2D eigenvalue weighted by Crippen LogP contribution is -2.36. The summed E-state index contributed by atoms with van der Waals surface area (Å²) in [4.78, 5) is 20.3. The highest BCUT2D eigenvalue weighted by atomic mass is 16.1. The molecule has 0 spiro atoms. The van der Waals surface area contributed by atoms with E-state index in [1.165, 1.54) is 11.3 Å². The van der Waals surface area contributed by atoms with Crippen molar-refractivity contribution < 1.29 is 4.79 Å². The second-order valence-electron chi connectivity index (χ2n) is 9.55. The number of nitrogens with zero attached hydrogens (tertiary/aromatic N) is 3. The molecule has 0 bridgehead atoms. The van der Waals surface area contributed by atoms with Crippen molar-refractivity contribution in [3.8, 4) is 0 Å². The van der Waals surface area contributed by atoms with Gasteiger partial charge in [0.2, 0.25) is 0 Å². The van der Waals surface area contributed by atoms with Crippen LogP contribution in [0.5, 0.6) is 0 Å². The number of ketones is 1. The molecule has 2 aliphatic rings. The van der Waals surface area contributed by atoms with E-state index in [1.54, 1.807) is 0 Å². The van der Waals surface area contributed by atoms with Crippen molar-refractivity contribution in [1.29, 1.82) is 0 Å². The fourth-order valence-corrected chi connectivity index (χ4v) is 5.30. The predicted octanol–water partition coefficient (Wildman–Crippen LogP) is 4.74. The molecule has 1 fully saturated rings. The van der Waals surface area contributed by atoms with Crippen molar-refractivity contribution in [2.45, 2.75) is 46.0 Å². The van der Waals surface area contributed by atoms with Crippen molar-refractivity contribution in [1.82, 2.24) is 9.38 Å². The molecule has 2 N–H and O–H groups in total. The van der Waals surface area contributed by atoms with Gasteiger partial charge in [-0.05, 0) is 80.5 Å². The summed E-state index contributed by atoms with van der Waals surface area (Å²) in [6, 6.07) is 8.81. The predicted molar refractivity (Wildman–Crippen MR) is 131 cm³/mol. The van der Waals surface area contributed by atoms with Crippen molar-refractivity contribution in [2.24, 2.45) is 11.7 Å². The lowest BCUT2D eigenvalue weighted by Gasteiger charge is -2.33. The van der Waals surface area contributed by atoms with Crippen LogP contribution in [0.25, 0.3) is 17.2 Å². The van der Waals surface area contributed by atoms with Gasteiger partial charge in [-0.1, -0.05) is 13.0 Å². The first-order valence-corrected chi connectivity index (χ1v) is 11.7. The zero-order chi connectivity index (χ0) is 22.4. The molecule has 0 radical (unpaired) electrons. The molecule has 5 rings (SSSR count). The first kappa shape index (κ1) is 21.0. The van der Waals surface area contributed by atoms with Crippen LogP contribution in [-0.4, -0.2) is 34.8 Å². The number of rotatable bonds is 3. The highest BCUT2D eigenvalue weighted by Gasteiger charge is 2.25. The molecule has 0 amide bonds. The number of benzene rings is 1. The van der Waals surface area contributed by atoms with E-state index in [4.69, 9.17) is 5.73 Å². The fraction of sp³-hybridized carbons (Fsp3) is 0.407. The largest absolute Gasteiger partial charge is 0.372 e. The molecule has 166 valence electrons. The molecule has 2 aromatic heterocycles. The van der Waals surface area contributed by atoms with Gasteiger partial charge in [-0.3, -0.25) is 9.78 Å². The Morgan fingerprint density at radius 3 is 2.66 bits per heavy atom. The molecule has 1 saturated heterocycles. The number of aryl methyl sites for hydroxylation is 2. The molecule has 1 unspecified atom stereocenters. The molecule has 1 aliphatic heterocycles. The maximum Gasteiger partial charge on any atom is 0.164 e. The molecule has 0 saturated carbocycles. The quantitative estimate of drug-likeness (QED) is 0.654. The van der Waals surface area contributed by atoms with Gasteiger partial charge in [0.25, 0.3) is 0 Å². The average Bonchev–Trinajstić information content (AvgIpc) is 3.16. The molecule has 3 heterocycles. The normalized spacial score (nSPS) is 19.8. The zero-order valence-electron chi connectivity index (χ0n) is 19.3. The van der Waals surface area contributed by atoms with E-state index in [0.717, 1.165) is 66.1 Å². The van der Waals surface area contributed by atoms with Gasteiger partial charge in [-0.25, -0.2) is 0 Å². The van der Waals surface area contributed by atoms with Crippen LogP contribution in [0, 0.1) is 19.8 Å². The monoisotopic (exact) mass is 428 g/mol. The van der Waals surface area contributed by atoms with E-state index < -0.39 is 0 Å². The SMILES string of the molecule is Cc1cn2cc(C3=Cc4ccc(N5CCC(CN)CC5)cc4C(C)CC3=O)cc2c(C)n1. The lowest BCUT2D eigenvalue weighted by atomic mass is 9.92. The van der Waals surface area contributed by atoms with E-state index in [-0.39, 0.29) is 11.7 Å². The van der Waals surface area contributed by atoms with E-state index in [1.807, 2.05) is 20.0 Å². The Morgan fingerprint density at radius 2 is 1.91 bits per heavy atom. The van der Waals surface area contributed by atoms with Gasteiger partial charge in [-0.2, -0.15) is 0 Å². The molecule has 5 nitrogen and oxygen atoms in total. The highest BCUT2D eigenvalue weighted by molar-refractivity contribution is 6.26. The third-order valence-corrected chi connectivity index (χ3v) is 7.21. The van der Waals surface area contributed by atoms with Gasteiger partial charge in [0, 0.05) is 48.7 Å². The Labute approximate surface area is 189 Å². The van der Waals surface area contributed by atoms with Crippen molar-refractivity contribution in [3.05, 3.63) is 64.7 Å². The molecular weight excluding hydrogens is 396 g/mol. The number of Topliss-reactive ketones (excluding diaryl/α,β-unsaturated/α-hetero) is 1. The number of carbonyl (C=O) groups is 1. The zero-order valence-corrected chi connectivity index (χ0v) is 19.3. The summed E-state index contributed by atoms with van der Waals surface area (Å²) in [6.45, 7) is 9.08. The molecule has 1 aromatic carbocycles. The number of carbonyl (C=O) groups excluding carboxylic acids is 1. The van der Waals surface area contributed by atoms with Crippen LogP contribution in [0.3, 0.4) is 0 Å². The molecule has 5 heteroatoms. The minimum Gasteiger partial charge on any atom is -0.372 e. The van der Waals surface area contributed by atoms with E-state index >= 15 is 0 Å². The second kappa shape index (κ2) is 8.21. The summed E-state index contributed by atoms with van der Waals surface area (Å²) < 4.78 is 2.09. The number of aromatic nitrogens is 2. The van der Waals surface area contributed by atoms with Crippen molar-refractivity contribution in [3.63, 3.8) is 0 Å². The Morgan fingerprint density at radius 1 is 1.12 bits per heavy atom. The fourth-order valence-electron chi connectivity index (χ4n) is 5.30. The molecule has 1 aliphatic carbocycles. The summed E-state index contributed by atoms with van der Waals surface area (Å²) in [5, 5.41) is 0. The van der Waals surface area contributed by atoms with Crippen molar-refractivity contribution >= 4 is 28.6 Å². The molecular formula is C27H32N4O. The smallest absolute Gasteiger partial charge is 0.164 e. The number of anilines is 1. The molecule has 32 heavy (non-hydrogen) atoms. The van der Waals surface area contributed by atoms with Gasteiger partial charge < -0.3 is 15.0 Å². The van der Waals surface area contributed by atoms with Gasteiger partial charge in [-0.15, -0.1) is 0 Å². The standard InChI is InChI=1S/C27H32N4O/c1-17-10-27(32)25(22-12-26-19(3)29-18(2)15-31(26)16-22)11-21-4-5-23(13-24(17)21)30-8-6-20(14-28)7-9-30/h4-5,11-13,15-17,20H,6-10,14,28H2,1-3H3. The Balaban J connectivity index is 1.51. The van der Waals surface area contributed by atoms with Gasteiger partial charge >= 0.3 is 0 Å². The Kier molecular flexibility index (Phi) is 5.38. The number of hydrogen-bond donors (Lipinski definition) is 1. The minimum absolute atomic E-state index is 0.190. The number of piperidine rings is 1. The van der Waals surface area contributed by atoms with Crippen LogP contribution in [0.4, 0.5) is 5.69 Å². The highest BCUT2D eigenvalue weighted by Crippen LogP contribution is 2.37. The number of hydrogen-bond acceptors (Lipinski definition) is 4. The summed E-state index contributed by atoms with van der Waals surface area (Å²) in [5.41, 5.74) is 14.3. The van der Waals surface area contributed by atoms with Crippen LogP contribution in [0.1, 0.15) is 60.2 Å². The lowest BCUT2D eigenvalue weighted by molar-refractivity contribution is -0.113. The molecule has 3 aromatic rings. The average molecular weight is 429 g/mol. The summed E-state index contributed by atoms with van der Waals surface area (Å²) >= 11 is 0. The first-order chi connectivity index (χ1) is 15.4. The van der Waals surface area contributed by atoms with E-state index in [0.29, 0.717) is 12.3 Å². The summed E-state index contributed by atoms with van der Waals surface area (Å²) in [6.07, 6.45) is 9.01. The van der Waals surface area contributed by atoms with Gasteiger partial charge in [0.1, 0.15) is 0 Å². The van der Waals surface area contributed by atoms with Crippen LogP contribution < -0.4 is 10.6 Å². The first-order valence-electron chi connectivity index (χ1n) is 11.7. The van der Waals surface area contributed by atoms with Crippen molar-refractivity contribution in [2.75, 3.05) is 24.5 Å². The number of nitrogens with two attached hydrogens (primary N) is 1. The third-order valence-electron chi connectivity index (χ3n) is 7.21. The maximum absolute atomic E-state index is 13.3. The van der Waals surface area contributed by atoms with Crippen LogP contribution in [0.2, 0.25) is 0 Å². The van der Waals surface area contributed by atoms with Crippen LogP contribution >= 0.6 is 0 Å². The van der Waals surface area contributed by atoms with Crippen LogP contribution in [-0.2, 0) is 4.79 Å². The maximum atomic E-state index is 13.3. The van der Waals surface area contributed by atoms with Crippen LogP contribution in [0.15, 0.2) is 36.7 Å². The Hall–Kier alpha value is -2.92. The van der Waals surface area contributed by atoms with E-state index in [2.05, 4.69) is 57.7 Å². The molecule has 1 atom stereocenters. The second-order valence-corrected chi connectivity index (χ2v) is 9.55. The summed E-state index contributed by atoms with van der Waals surface area (Å²) in [7, 11) is 0. The van der Waals surface area contributed by atoms with E-state index in [9.17, 15) is 4.79 Å². The number of fused-ring (bicyclic) bond motifs is 2. The topological polar surface area (TPSA) is 63.6 Å². The summed E-state index contributed by atoms with van der Waals surface area (Å²) in [5.74, 6) is 1.04. The number of allylic oxidation sites excluding steroid dienone is 1. The Bertz CT molecular complexity index is 1210. The van der Waals surface area contributed by atoms with Gasteiger partial charge in [0.15, 0.2) is 5.78 Å². The third kappa shape index (κ3) is 3.75. The van der Waals surface area contributed by atoms with Gasteiger partial charge in [0.05, 0.1) is 16.9 Å². The minimum atomic E-state index is 0.190.